The Kier molecular flexibility index (Phi) is 10.3. The number of ether oxygens (including phenoxy) is 4. The number of esters is 2. The average molecular weight is 579 g/mol. The van der Waals surface area contributed by atoms with Crippen LogP contribution in [0.15, 0.2) is 60.7 Å². The molecule has 42 heavy (non-hydrogen) atoms. The van der Waals surface area contributed by atoms with Gasteiger partial charge < -0.3 is 23.8 Å². The van der Waals surface area contributed by atoms with Gasteiger partial charge in [-0.25, -0.2) is 4.79 Å². The third-order valence-electron chi connectivity index (χ3n) is 8.54. The van der Waals surface area contributed by atoms with E-state index in [9.17, 15) is 14.4 Å². The highest BCUT2D eigenvalue weighted by atomic mass is 16.7. The van der Waals surface area contributed by atoms with Crippen molar-refractivity contribution >= 4 is 17.8 Å². The first-order chi connectivity index (χ1) is 20.4. The number of carbonyl (C=O) groups excluding carboxylic acids is 3. The number of benzene rings is 2. The summed E-state index contributed by atoms with van der Waals surface area (Å²) in [5.41, 5.74) is 2.02. The highest BCUT2D eigenvalue weighted by Gasteiger charge is 2.50. The Hall–Kier alpha value is -3.27. The van der Waals surface area contributed by atoms with Gasteiger partial charge in [0.1, 0.15) is 18.2 Å². The highest BCUT2D eigenvalue weighted by Crippen LogP contribution is 2.42. The van der Waals surface area contributed by atoms with E-state index in [0.29, 0.717) is 19.3 Å². The van der Waals surface area contributed by atoms with Gasteiger partial charge >= 0.3 is 11.9 Å². The molecule has 0 bridgehead atoms. The third kappa shape index (κ3) is 7.19. The van der Waals surface area contributed by atoms with Gasteiger partial charge in [-0.3, -0.25) is 14.9 Å². The van der Waals surface area contributed by atoms with Crippen molar-refractivity contribution in [2.45, 2.75) is 88.9 Å². The summed E-state index contributed by atoms with van der Waals surface area (Å²) in [4.78, 5) is 42.0. The van der Waals surface area contributed by atoms with Gasteiger partial charge in [0.15, 0.2) is 6.29 Å². The fourth-order valence-corrected chi connectivity index (χ4v) is 6.48. The van der Waals surface area contributed by atoms with E-state index < -0.39 is 36.5 Å². The van der Waals surface area contributed by atoms with Crippen LogP contribution in [-0.2, 0) is 39.8 Å². The van der Waals surface area contributed by atoms with Crippen molar-refractivity contribution < 1.29 is 33.3 Å². The van der Waals surface area contributed by atoms with E-state index in [2.05, 4.69) is 5.32 Å². The minimum Gasteiger partial charge on any atom is -0.465 e. The lowest BCUT2D eigenvalue weighted by molar-refractivity contribution is -0.231. The number of amides is 1. The first kappa shape index (κ1) is 30.2. The van der Waals surface area contributed by atoms with Gasteiger partial charge in [0, 0.05) is 11.6 Å². The summed E-state index contributed by atoms with van der Waals surface area (Å²) in [6.07, 6.45) is 3.56. The van der Waals surface area contributed by atoms with Crippen molar-refractivity contribution in [3.8, 4) is 0 Å². The molecular weight excluding hydrogens is 536 g/mol. The Morgan fingerprint density at radius 3 is 2.38 bits per heavy atom. The molecule has 9 nitrogen and oxygen atoms in total. The first-order valence-electron chi connectivity index (χ1n) is 15.2. The number of nitrogens with zero attached hydrogens (tertiary/aromatic N) is 1. The molecule has 2 saturated heterocycles. The van der Waals surface area contributed by atoms with E-state index in [4.69, 9.17) is 18.9 Å². The Bertz CT molecular complexity index is 1190. The van der Waals surface area contributed by atoms with Crippen LogP contribution in [0.3, 0.4) is 0 Å². The number of rotatable bonds is 11. The van der Waals surface area contributed by atoms with Crippen molar-refractivity contribution in [3.63, 3.8) is 0 Å². The number of aryl methyl sites for hydroxylation is 1. The maximum absolute atomic E-state index is 13.9. The second-order valence-corrected chi connectivity index (χ2v) is 11.4. The number of fused-ring (bicyclic) bond motifs is 1. The van der Waals surface area contributed by atoms with Crippen LogP contribution in [0.2, 0.25) is 0 Å². The molecular formula is C33H42N2O7. The van der Waals surface area contributed by atoms with E-state index in [1.54, 1.807) is 18.7 Å². The predicted molar refractivity (Wildman–Crippen MR) is 155 cm³/mol. The zero-order chi connectivity index (χ0) is 29.5. The summed E-state index contributed by atoms with van der Waals surface area (Å²) in [6.45, 7) is 4.23. The summed E-state index contributed by atoms with van der Waals surface area (Å²) < 4.78 is 22.8. The predicted octanol–water partition coefficient (Wildman–Crippen LogP) is 3.96. The van der Waals surface area contributed by atoms with Crippen LogP contribution in [-0.4, -0.2) is 72.8 Å². The lowest BCUT2D eigenvalue weighted by atomic mass is 10.0. The standard InChI is InChI=1S/C33H42N2O7/c1-3-39-31(37)27(18-17-23-11-6-4-7-12-23)34-22(2)30(36)35-28-16-10-15-25(28)19-29(35)32(38)42-26-20-40-33(41-21-26)24-13-8-5-9-14-24/h4-9,11-14,22,25-29,33-34H,3,10,15-21H2,1-2H3/t22?,25-,26?,27?,28-,29-,33?/m0/s1. The zero-order valence-electron chi connectivity index (χ0n) is 24.5. The third-order valence-corrected chi connectivity index (χ3v) is 8.54. The molecule has 0 radical (unpaired) electrons. The Balaban J connectivity index is 1.21. The van der Waals surface area contributed by atoms with Crippen molar-refractivity contribution in [1.29, 1.82) is 0 Å². The van der Waals surface area contributed by atoms with Gasteiger partial charge in [0.2, 0.25) is 5.91 Å². The topological polar surface area (TPSA) is 103 Å². The van der Waals surface area contributed by atoms with E-state index in [0.717, 1.165) is 30.4 Å². The molecule has 2 heterocycles. The summed E-state index contributed by atoms with van der Waals surface area (Å²) in [6, 6.07) is 17.5. The van der Waals surface area contributed by atoms with Crippen LogP contribution < -0.4 is 5.32 Å². The molecule has 1 saturated carbocycles. The molecule has 1 N–H and O–H groups in total. The summed E-state index contributed by atoms with van der Waals surface area (Å²) in [5, 5.41) is 3.23. The summed E-state index contributed by atoms with van der Waals surface area (Å²) >= 11 is 0. The largest absolute Gasteiger partial charge is 0.465 e. The number of carbonyl (C=O) groups is 3. The Morgan fingerprint density at radius 2 is 1.69 bits per heavy atom. The normalized spacial score (nSPS) is 26.7. The quantitative estimate of drug-likeness (QED) is 0.400. The van der Waals surface area contributed by atoms with E-state index >= 15 is 0 Å². The minimum absolute atomic E-state index is 0.00835. The molecule has 5 atom stereocenters. The van der Waals surface area contributed by atoms with Gasteiger partial charge in [-0.1, -0.05) is 67.1 Å². The Labute approximate surface area is 247 Å². The monoisotopic (exact) mass is 578 g/mol. The van der Waals surface area contributed by atoms with Crippen LogP contribution in [0, 0.1) is 5.92 Å². The fourth-order valence-electron chi connectivity index (χ4n) is 6.48. The molecule has 3 fully saturated rings. The van der Waals surface area contributed by atoms with Crippen LogP contribution in [0.1, 0.15) is 63.4 Å². The molecule has 1 amide bonds. The maximum atomic E-state index is 13.9. The van der Waals surface area contributed by atoms with Crippen molar-refractivity contribution in [3.05, 3.63) is 71.8 Å². The zero-order valence-corrected chi connectivity index (χ0v) is 24.5. The summed E-state index contributed by atoms with van der Waals surface area (Å²) in [7, 11) is 0. The molecule has 2 unspecified atom stereocenters. The SMILES string of the molecule is CCOC(=O)C(CCc1ccccc1)NC(C)C(=O)N1[C@H](C(=O)OC2COC(c3ccccc3)OC2)C[C@@H]2CCC[C@@H]21. The van der Waals surface area contributed by atoms with Crippen LogP contribution in [0.5, 0.6) is 0 Å². The molecule has 9 heteroatoms. The van der Waals surface area contributed by atoms with Gasteiger partial charge in [0.05, 0.1) is 25.9 Å². The number of hydrogen-bond acceptors (Lipinski definition) is 8. The average Bonchev–Trinajstić information content (AvgIpc) is 3.62. The van der Waals surface area contributed by atoms with Gasteiger partial charge in [0.25, 0.3) is 0 Å². The maximum Gasteiger partial charge on any atom is 0.329 e. The molecule has 0 aromatic heterocycles. The van der Waals surface area contributed by atoms with Crippen molar-refractivity contribution in [2.24, 2.45) is 5.92 Å². The van der Waals surface area contributed by atoms with Crippen molar-refractivity contribution in [1.82, 2.24) is 10.2 Å². The van der Waals surface area contributed by atoms with E-state index in [1.807, 2.05) is 60.7 Å². The molecule has 2 aromatic carbocycles. The van der Waals surface area contributed by atoms with Crippen LogP contribution in [0.25, 0.3) is 0 Å². The van der Waals surface area contributed by atoms with E-state index in [-0.39, 0.29) is 43.7 Å². The smallest absolute Gasteiger partial charge is 0.329 e. The van der Waals surface area contributed by atoms with Gasteiger partial charge in [-0.2, -0.15) is 0 Å². The minimum atomic E-state index is -0.683. The fraction of sp³-hybridized carbons (Fsp3) is 0.545. The molecule has 5 rings (SSSR count). The van der Waals surface area contributed by atoms with Crippen molar-refractivity contribution in [2.75, 3.05) is 19.8 Å². The highest BCUT2D eigenvalue weighted by molar-refractivity contribution is 5.89. The second-order valence-electron chi connectivity index (χ2n) is 11.4. The summed E-state index contributed by atoms with van der Waals surface area (Å²) in [5.74, 6) is -0.735. The van der Waals surface area contributed by atoms with Gasteiger partial charge in [-0.05, 0) is 57.4 Å². The second kappa shape index (κ2) is 14.3. The molecule has 3 aliphatic rings. The molecule has 226 valence electrons. The number of nitrogens with one attached hydrogen (secondary N) is 1. The lowest BCUT2D eigenvalue weighted by Gasteiger charge is -2.34. The van der Waals surface area contributed by atoms with Crippen LogP contribution in [0.4, 0.5) is 0 Å². The lowest BCUT2D eigenvalue weighted by Crippen LogP contribution is -2.55. The number of hydrogen-bond donors (Lipinski definition) is 1. The van der Waals surface area contributed by atoms with Crippen LogP contribution >= 0.6 is 0 Å². The molecule has 2 aromatic rings. The van der Waals surface area contributed by atoms with Gasteiger partial charge in [-0.15, -0.1) is 0 Å². The molecule has 0 spiro atoms. The number of likely N-dealkylation sites (tertiary alicyclic amines) is 1. The molecule has 1 aliphatic carbocycles. The Morgan fingerprint density at radius 1 is 1.00 bits per heavy atom. The first-order valence-corrected chi connectivity index (χ1v) is 15.2. The molecule has 2 aliphatic heterocycles. The van der Waals surface area contributed by atoms with E-state index in [1.165, 1.54) is 0 Å².